The Balaban J connectivity index is 1.61. The van der Waals surface area contributed by atoms with Gasteiger partial charge in [-0.15, -0.1) is 11.3 Å². The summed E-state index contributed by atoms with van der Waals surface area (Å²) in [5.74, 6) is -0.462. The molecule has 1 aromatic heterocycles. The van der Waals surface area contributed by atoms with Crippen LogP contribution in [0, 0.1) is 11.8 Å². The van der Waals surface area contributed by atoms with Gasteiger partial charge in [0.25, 0.3) is 5.91 Å². The zero-order valence-corrected chi connectivity index (χ0v) is 13.1. The molecule has 22 heavy (non-hydrogen) atoms. The van der Waals surface area contributed by atoms with Crippen molar-refractivity contribution in [1.29, 1.82) is 0 Å². The van der Waals surface area contributed by atoms with E-state index in [1.165, 1.54) is 16.2 Å². The Labute approximate surface area is 132 Å². The number of nitrogens with zero attached hydrogens (tertiary/aromatic N) is 1. The van der Waals surface area contributed by atoms with E-state index in [0.29, 0.717) is 30.6 Å². The van der Waals surface area contributed by atoms with Gasteiger partial charge in [0.1, 0.15) is 6.04 Å². The third kappa shape index (κ3) is 2.16. The van der Waals surface area contributed by atoms with Crippen molar-refractivity contribution in [2.75, 3.05) is 13.2 Å². The number of aliphatic carboxylic acids is 1. The molecule has 1 aromatic rings. The molecule has 6 heteroatoms. The van der Waals surface area contributed by atoms with E-state index in [-0.39, 0.29) is 11.8 Å². The number of amides is 1. The number of thiophene rings is 1. The third-order valence-corrected chi connectivity index (χ3v) is 6.47. The lowest BCUT2D eigenvalue weighted by Gasteiger charge is -2.23. The predicted octanol–water partition coefficient (Wildman–Crippen LogP) is 2.15. The van der Waals surface area contributed by atoms with Crippen molar-refractivity contribution >= 4 is 23.2 Å². The first-order valence-corrected chi connectivity index (χ1v) is 8.70. The number of hydrogen-bond donors (Lipinski definition) is 1. The van der Waals surface area contributed by atoms with Gasteiger partial charge in [-0.05, 0) is 36.3 Å². The minimum absolute atomic E-state index is 0.110. The summed E-state index contributed by atoms with van der Waals surface area (Å²) in [6, 6.07) is 1.25. The summed E-state index contributed by atoms with van der Waals surface area (Å²) >= 11 is 1.51. The van der Waals surface area contributed by atoms with Crippen molar-refractivity contribution in [3.05, 3.63) is 21.4 Å². The van der Waals surface area contributed by atoms with Gasteiger partial charge in [-0.2, -0.15) is 0 Å². The normalized spacial score (nSPS) is 30.2. The van der Waals surface area contributed by atoms with E-state index in [1.807, 2.05) is 6.07 Å². The van der Waals surface area contributed by atoms with Gasteiger partial charge < -0.3 is 14.7 Å². The van der Waals surface area contributed by atoms with Crippen molar-refractivity contribution in [2.45, 2.75) is 38.3 Å². The first kappa shape index (κ1) is 14.2. The van der Waals surface area contributed by atoms with Gasteiger partial charge in [-0.25, -0.2) is 4.79 Å². The highest BCUT2D eigenvalue weighted by atomic mass is 32.1. The second-order valence-electron chi connectivity index (χ2n) is 6.46. The molecular formula is C16H19NO4S. The molecule has 5 nitrogen and oxygen atoms in total. The Morgan fingerprint density at radius 1 is 1.36 bits per heavy atom. The number of carboxylic acids is 1. The highest BCUT2D eigenvalue weighted by molar-refractivity contribution is 7.14. The fraction of sp³-hybridized carbons (Fsp3) is 0.625. The lowest BCUT2D eigenvalue weighted by molar-refractivity contribution is -0.142. The van der Waals surface area contributed by atoms with Crippen LogP contribution >= 0.6 is 11.3 Å². The number of carbonyl (C=O) groups is 2. The van der Waals surface area contributed by atoms with E-state index in [0.717, 1.165) is 31.2 Å². The van der Waals surface area contributed by atoms with Crippen LogP contribution in [0.15, 0.2) is 6.07 Å². The number of likely N-dealkylation sites (tertiary alicyclic amines) is 1. The molecule has 1 N–H and O–H groups in total. The Kier molecular flexibility index (Phi) is 3.46. The largest absolute Gasteiger partial charge is 0.480 e. The zero-order valence-electron chi connectivity index (χ0n) is 12.3. The summed E-state index contributed by atoms with van der Waals surface area (Å²) in [7, 11) is 0. The molecule has 1 aliphatic carbocycles. The van der Waals surface area contributed by atoms with Gasteiger partial charge in [0, 0.05) is 17.8 Å². The summed E-state index contributed by atoms with van der Waals surface area (Å²) < 4.78 is 5.42. The van der Waals surface area contributed by atoms with Crippen LogP contribution < -0.4 is 0 Å². The number of carbonyl (C=O) groups excluding carboxylic acids is 1. The van der Waals surface area contributed by atoms with Crippen molar-refractivity contribution in [3.63, 3.8) is 0 Å². The van der Waals surface area contributed by atoms with Crippen LogP contribution in [0.4, 0.5) is 0 Å². The SMILES string of the molecule is O=C(O)[C@@H]1[C@@H]2CCC[C@H]2CN1C(=O)c1cc2c(s1)CCOC2. The maximum absolute atomic E-state index is 12.8. The smallest absolute Gasteiger partial charge is 0.326 e. The highest BCUT2D eigenvalue weighted by Gasteiger charge is 2.49. The minimum Gasteiger partial charge on any atom is -0.480 e. The van der Waals surface area contributed by atoms with E-state index >= 15 is 0 Å². The second kappa shape index (κ2) is 5.35. The molecular weight excluding hydrogens is 302 g/mol. The number of ether oxygens (including phenoxy) is 1. The molecule has 2 fully saturated rings. The molecule has 1 saturated carbocycles. The molecule has 118 valence electrons. The maximum atomic E-state index is 12.8. The summed E-state index contributed by atoms with van der Waals surface area (Å²) in [5.41, 5.74) is 1.09. The minimum atomic E-state index is -0.854. The molecule has 1 saturated heterocycles. The molecule has 2 aliphatic heterocycles. The summed E-state index contributed by atoms with van der Waals surface area (Å²) in [5, 5.41) is 9.58. The van der Waals surface area contributed by atoms with E-state index in [9.17, 15) is 14.7 Å². The molecule has 0 radical (unpaired) electrons. The molecule has 0 unspecified atom stereocenters. The Hall–Kier alpha value is -1.40. The predicted molar refractivity (Wildman–Crippen MR) is 81.0 cm³/mol. The van der Waals surface area contributed by atoms with Crippen molar-refractivity contribution in [3.8, 4) is 0 Å². The summed E-state index contributed by atoms with van der Waals surface area (Å²) in [6.07, 6.45) is 3.92. The molecule has 0 bridgehead atoms. The van der Waals surface area contributed by atoms with Crippen LogP contribution in [0.1, 0.15) is 39.4 Å². The molecule has 1 amide bonds. The van der Waals surface area contributed by atoms with Crippen molar-refractivity contribution < 1.29 is 19.4 Å². The molecule has 0 spiro atoms. The number of fused-ring (bicyclic) bond motifs is 2. The quantitative estimate of drug-likeness (QED) is 0.906. The average Bonchev–Trinajstić information content (AvgIpc) is 3.18. The van der Waals surface area contributed by atoms with Gasteiger partial charge >= 0.3 is 5.97 Å². The summed E-state index contributed by atoms with van der Waals surface area (Å²) in [4.78, 5) is 28.0. The van der Waals surface area contributed by atoms with Gasteiger partial charge in [-0.3, -0.25) is 4.79 Å². The topological polar surface area (TPSA) is 66.8 Å². The van der Waals surface area contributed by atoms with E-state index in [2.05, 4.69) is 0 Å². The van der Waals surface area contributed by atoms with Crippen LogP contribution in [0.25, 0.3) is 0 Å². The Morgan fingerprint density at radius 3 is 3.00 bits per heavy atom. The van der Waals surface area contributed by atoms with Gasteiger partial charge in [0.05, 0.1) is 18.1 Å². The average molecular weight is 321 g/mol. The Morgan fingerprint density at radius 2 is 2.23 bits per heavy atom. The fourth-order valence-electron chi connectivity index (χ4n) is 4.23. The second-order valence-corrected chi connectivity index (χ2v) is 7.59. The van der Waals surface area contributed by atoms with Crippen LogP contribution in [0.3, 0.4) is 0 Å². The summed E-state index contributed by atoms with van der Waals surface area (Å²) in [6.45, 7) is 1.86. The molecule has 4 rings (SSSR count). The van der Waals surface area contributed by atoms with Crippen molar-refractivity contribution in [2.24, 2.45) is 11.8 Å². The van der Waals surface area contributed by atoms with E-state index < -0.39 is 12.0 Å². The highest BCUT2D eigenvalue weighted by Crippen LogP contribution is 2.43. The van der Waals surface area contributed by atoms with E-state index in [1.54, 1.807) is 4.90 Å². The van der Waals surface area contributed by atoms with Crippen LogP contribution in [-0.4, -0.2) is 41.1 Å². The number of carboxylic acid groups (broad SMARTS) is 1. The number of rotatable bonds is 2. The first-order valence-electron chi connectivity index (χ1n) is 7.88. The van der Waals surface area contributed by atoms with Gasteiger partial charge in [0.2, 0.25) is 0 Å². The third-order valence-electron chi connectivity index (χ3n) is 5.24. The maximum Gasteiger partial charge on any atom is 0.326 e. The number of hydrogen-bond acceptors (Lipinski definition) is 4. The molecule has 3 atom stereocenters. The van der Waals surface area contributed by atoms with E-state index in [4.69, 9.17) is 4.74 Å². The lowest BCUT2D eigenvalue weighted by Crippen LogP contribution is -2.43. The Bertz CT molecular complexity index is 602. The fourth-order valence-corrected chi connectivity index (χ4v) is 5.33. The van der Waals surface area contributed by atoms with Crippen LogP contribution in [0.5, 0.6) is 0 Å². The van der Waals surface area contributed by atoms with Gasteiger partial charge in [-0.1, -0.05) is 6.42 Å². The molecule has 3 heterocycles. The first-order chi connectivity index (χ1) is 10.6. The van der Waals surface area contributed by atoms with Crippen LogP contribution in [-0.2, 0) is 22.6 Å². The standard InChI is InChI=1S/C16H19NO4S/c18-15(13-6-10-8-21-5-4-12(10)22-13)17-7-9-2-1-3-11(9)14(17)16(19)20/h6,9,11,14H,1-5,7-8H2,(H,19,20)/t9-,11+,14-/m0/s1. The zero-order chi connectivity index (χ0) is 15.3. The van der Waals surface area contributed by atoms with Gasteiger partial charge in [0.15, 0.2) is 0 Å². The van der Waals surface area contributed by atoms with Crippen LogP contribution in [0.2, 0.25) is 0 Å². The molecule has 0 aromatic carbocycles. The monoisotopic (exact) mass is 321 g/mol. The lowest BCUT2D eigenvalue weighted by atomic mass is 9.94. The molecule has 3 aliphatic rings. The van der Waals surface area contributed by atoms with Crippen molar-refractivity contribution in [1.82, 2.24) is 4.90 Å².